The Kier molecular flexibility index (Phi) is 7.20. The van der Waals surface area contributed by atoms with Crippen molar-refractivity contribution in [3.05, 3.63) is 76.3 Å². The summed E-state index contributed by atoms with van der Waals surface area (Å²) in [6.07, 6.45) is 4.81. The molecule has 2 amide bonds. The Morgan fingerprint density at radius 2 is 1.65 bits per heavy atom. The molecule has 0 spiro atoms. The van der Waals surface area contributed by atoms with E-state index in [2.05, 4.69) is 15.9 Å². The summed E-state index contributed by atoms with van der Waals surface area (Å²) in [6.45, 7) is 3.00. The highest BCUT2D eigenvalue weighted by Gasteiger charge is 2.32. The van der Waals surface area contributed by atoms with Crippen molar-refractivity contribution in [1.29, 1.82) is 0 Å². The number of rotatable bonds is 4. The third-order valence-corrected chi connectivity index (χ3v) is 6.52. The number of benzene rings is 2. The van der Waals surface area contributed by atoms with E-state index in [-0.39, 0.29) is 23.8 Å². The number of nitrogens with zero attached hydrogens (tertiary/aromatic N) is 2. The van der Waals surface area contributed by atoms with Gasteiger partial charge in [-0.3, -0.25) is 9.59 Å². The number of likely N-dealkylation sites (tertiary alicyclic amines) is 1. The van der Waals surface area contributed by atoms with Crippen LogP contribution in [0.1, 0.15) is 30.1 Å². The van der Waals surface area contributed by atoms with E-state index in [1.165, 1.54) is 0 Å². The van der Waals surface area contributed by atoms with Crippen molar-refractivity contribution in [2.24, 2.45) is 5.92 Å². The van der Waals surface area contributed by atoms with Gasteiger partial charge in [-0.25, -0.2) is 0 Å². The second-order valence-corrected chi connectivity index (χ2v) is 8.95. The minimum absolute atomic E-state index is 0.0106. The van der Waals surface area contributed by atoms with Gasteiger partial charge in [0.2, 0.25) is 11.8 Å². The molecule has 0 saturated carbocycles. The predicted octanol–water partition coefficient (Wildman–Crippen LogP) is 4.30. The molecule has 2 aromatic carbocycles. The minimum atomic E-state index is -0.0874. The van der Waals surface area contributed by atoms with Gasteiger partial charge in [0, 0.05) is 36.1 Å². The Bertz CT molecular complexity index is 922. The number of ether oxygens (including phenoxy) is 1. The molecule has 4 rings (SSSR count). The molecule has 5 nitrogen and oxygen atoms in total. The molecule has 1 unspecified atom stereocenters. The molecular weight excluding hydrogens is 456 g/mol. The molecule has 0 radical (unpaired) electrons. The molecule has 0 aliphatic carbocycles. The Labute approximate surface area is 191 Å². The van der Waals surface area contributed by atoms with E-state index in [0.29, 0.717) is 45.6 Å². The van der Waals surface area contributed by atoms with E-state index in [9.17, 15) is 9.59 Å². The number of carbonyl (C=O) groups excluding carboxylic acids is 2. The molecule has 6 heteroatoms. The van der Waals surface area contributed by atoms with Gasteiger partial charge in [-0.05, 0) is 42.2 Å². The number of morpholine rings is 1. The van der Waals surface area contributed by atoms with Crippen LogP contribution in [0.5, 0.6) is 0 Å². The lowest BCUT2D eigenvalue weighted by atomic mass is 9.94. The van der Waals surface area contributed by atoms with Gasteiger partial charge in [-0.2, -0.15) is 0 Å². The van der Waals surface area contributed by atoms with Gasteiger partial charge in [0.25, 0.3) is 0 Å². The van der Waals surface area contributed by atoms with Crippen molar-refractivity contribution >= 4 is 33.8 Å². The van der Waals surface area contributed by atoms with Crippen LogP contribution < -0.4 is 0 Å². The lowest BCUT2D eigenvalue weighted by Crippen LogP contribution is -2.48. The van der Waals surface area contributed by atoms with Crippen LogP contribution in [-0.2, 0) is 14.3 Å². The fourth-order valence-electron chi connectivity index (χ4n) is 4.17. The fourth-order valence-corrected chi connectivity index (χ4v) is 4.43. The Morgan fingerprint density at radius 3 is 2.35 bits per heavy atom. The molecule has 1 atom stereocenters. The highest BCUT2D eigenvalue weighted by atomic mass is 79.9. The Morgan fingerprint density at radius 1 is 0.935 bits per heavy atom. The van der Waals surface area contributed by atoms with Crippen LogP contribution in [0.4, 0.5) is 0 Å². The third kappa shape index (κ3) is 5.63. The summed E-state index contributed by atoms with van der Waals surface area (Å²) in [5.74, 6) is 0.180. The minimum Gasteiger partial charge on any atom is -0.370 e. The number of hydrogen-bond donors (Lipinski definition) is 0. The van der Waals surface area contributed by atoms with Gasteiger partial charge in [0.15, 0.2) is 0 Å². The summed E-state index contributed by atoms with van der Waals surface area (Å²) in [5, 5.41) is 0. The van der Waals surface area contributed by atoms with Crippen molar-refractivity contribution < 1.29 is 14.3 Å². The largest absolute Gasteiger partial charge is 0.370 e. The first-order valence-electron chi connectivity index (χ1n) is 10.8. The number of halogens is 1. The molecule has 2 heterocycles. The smallest absolute Gasteiger partial charge is 0.246 e. The summed E-state index contributed by atoms with van der Waals surface area (Å²) >= 11 is 3.46. The van der Waals surface area contributed by atoms with Crippen molar-refractivity contribution in [2.75, 3.05) is 32.8 Å². The van der Waals surface area contributed by atoms with Crippen molar-refractivity contribution in [2.45, 2.75) is 18.9 Å². The maximum absolute atomic E-state index is 13.1. The van der Waals surface area contributed by atoms with Crippen LogP contribution >= 0.6 is 15.9 Å². The van der Waals surface area contributed by atoms with Crippen LogP contribution in [0.2, 0.25) is 0 Å². The molecule has 162 valence electrons. The van der Waals surface area contributed by atoms with E-state index in [1.807, 2.05) is 70.5 Å². The second kappa shape index (κ2) is 10.2. The average Bonchev–Trinajstić information content (AvgIpc) is 2.83. The molecule has 2 saturated heterocycles. The zero-order valence-corrected chi connectivity index (χ0v) is 19.0. The van der Waals surface area contributed by atoms with Crippen LogP contribution in [-0.4, -0.2) is 54.4 Å². The van der Waals surface area contributed by atoms with Crippen molar-refractivity contribution in [3.8, 4) is 0 Å². The number of piperidine rings is 1. The number of hydrogen-bond acceptors (Lipinski definition) is 3. The van der Waals surface area contributed by atoms with Gasteiger partial charge in [-0.1, -0.05) is 58.4 Å². The van der Waals surface area contributed by atoms with E-state index in [4.69, 9.17) is 4.74 Å². The number of carbonyl (C=O) groups is 2. The Hall–Kier alpha value is -2.44. The SMILES string of the molecule is O=C(/C=C/c1ccccc1)N1CCC(C(=O)N2CCOC(c3ccc(Br)cc3)C2)CC1. The molecule has 2 aliphatic rings. The Balaban J connectivity index is 1.29. The van der Waals surface area contributed by atoms with Gasteiger partial charge < -0.3 is 14.5 Å². The molecule has 0 bridgehead atoms. The standard InChI is InChI=1S/C25H27BrN2O3/c26-22-9-7-20(8-10-22)23-18-28(16-17-31-23)25(30)21-12-14-27(15-13-21)24(29)11-6-19-4-2-1-3-5-19/h1-11,21,23H,12-18H2/b11-6+. The summed E-state index contributed by atoms with van der Waals surface area (Å²) in [7, 11) is 0. The van der Waals surface area contributed by atoms with Gasteiger partial charge in [0.1, 0.15) is 6.10 Å². The zero-order chi connectivity index (χ0) is 21.6. The molecule has 0 N–H and O–H groups in total. The zero-order valence-electron chi connectivity index (χ0n) is 17.5. The average molecular weight is 483 g/mol. The normalized spacial score (nSPS) is 20.2. The van der Waals surface area contributed by atoms with Gasteiger partial charge in [0.05, 0.1) is 13.2 Å². The summed E-state index contributed by atoms with van der Waals surface area (Å²) < 4.78 is 6.94. The lowest BCUT2D eigenvalue weighted by molar-refractivity contribution is -0.146. The van der Waals surface area contributed by atoms with Crippen LogP contribution in [0.15, 0.2) is 65.1 Å². The maximum atomic E-state index is 13.1. The third-order valence-electron chi connectivity index (χ3n) is 5.99. The molecule has 2 aliphatic heterocycles. The highest BCUT2D eigenvalue weighted by molar-refractivity contribution is 9.10. The first kappa shape index (κ1) is 21.8. The van der Waals surface area contributed by atoms with Gasteiger partial charge in [-0.15, -0.1) is 0 Å². The van der Waals surface area contributed by atoms with Crippen molar-refractivity contribution in [3.63, 3.8) is 0 Å². The summed E-state index contributed by atoms with van der Waals surface area (Å²) in [6, 6.07) is 17.9. The lowest BCUT2D eigenvalue weighted by Gasteiger charge is -2.37. The van der Waals surface area contributed by atoms with Crippen LogP contribution in [0.3, 0.4) is 0 Å². The fraction of sp³-hybridized carbons (Fsp3) is 0.360. The number of amides is 2. The first-order chi connectivity index (χ1) is 15.1. The highest BCUT2D eigenvalue weighted by Crippen LogP contribution is 2.27. The van der Waals surface area contributed by atoms with Crippen molar-refractivity contribution in [1.82, 2.24) is 9.80 Å². The van der Waals surface area contributed by atoms with E-state index in [0.717, 1.165) is 15.6 Å². The molecule has 0 aromatic heterocycles. The van der Waals surface area contributed by atoms with Gasteiger partial charge >= 0.3 is 0 Å². The molecule has 2 fully saturated rings. The van der Waals surface area contributed by atoms with Crippen LogP contribution in [0.25, 0.3) is 6.08 Å². The summed E-state index contributed by atoms with van der Waals surface area (Å²) in [4.78, 5) is 29.4. The topological polar surface area (TPSA) is 49.9 Å². The quantitative estimate of drug-likeness (QED) is 0.610. The molecule has 2 aromatic rings. The monoisotopic (exact) mass is 482 g/mol. The molecule has 31 heavy (non-hydrogen) atoms. The maximum Gasteiger partial charge on any atom is 0.246 e. The predicted molar refractivity (Wildman–Crippen MR) is 124 cm³/mol. The van der Waals surface area contributed by atoms with E-state index < -0.39 is 0 Å². The van der Waals surface area contributed by atoms with Crippen LogP contribution in [0, 0.1) is 5.92 Å². The molecular formula is C25H27BrN2O3. The van der Waals surface area contributed by atoms with E-state index >= 15 is 0 Å². The second-order valence-electron chi connectivity index (χ2n) is 8.04. The first-order valence-corrected chi connectivity index (χ1v) is 11.6. The summed E-state index contributed by atoms with van der Waals surface area (Å²) in [5.41, 5.74) is 2.10. The van der Waals surface area contributed by atoms with E-state index in [1.54, 1.807) is 6.08 Å².